The summed E-state index contributed by atoms with van der Waals surface area (Å²) in [5, 5.41) is 4.29. The van der Waals surface area contributed by atoms with Crippen LogP contribution in [0.5, 0.6) is 5.75 Å². The molecule has 0 N–H and O–H groups in total. The molecule has 0 spiro atoms. The highest BCUT2D eigenvalue weighted by molar-refractivity contribution is 5.92. The van der Waals surface area contributed by atoms with Gasteiger partial charge in [0.05, 0.1) is 24.7 Å². The van der Waals surface area contributed by atoms with Crippen LogP contribution < -0.4 is 4.74 Å². The lowest BCUT2D eigenvalue weighted by molar-refractivity contribution is -0.135. The molecule has 1 fully saturated rings. The number of hydrogen-bond donors (Lipinski definition) is 0. The molecule has 7 heteroatoms. The van der Waals surface area contributed by atoms with Crippen LogP contribution in [0.25, 0.3) is 5.69 Å². The SMILES string of the molecule is COc1ccc(CN(C(=O)COC(=O)c2cnn(-c3ccccc3)c2C)C2CC2)cc1. The fourth-order valence-electron chi connectivity index (χ4n) is 3.46. The lowest BCUT2D eigenvalue weighted by Gasteiger charge is -2.22. The Hall–Kier alpha value is -3.61. The highest BCUT2D eigenvalue weighted by atomic mass is 16.5. The van der Waals surface area contributed by atoms with Crippen molar-refractivity contribution < 1.29 is 19.1 Å². The second kappa shape index (κ2) is 9.04. The van der Waals surface area contributed by atoms with Crippen LogP contribution in [0.3, 0.4) is 0 Å². The molecule has 0 bridgehead atoms. The molecule has 1 saturated carbocycles. The van der Waals surface area contributed by atoms with Gasteiger partial charge >= 0.3 is 5.97 Å². The molecule has 31 heavy (non-hydrogen) atoms. The molecule has 160 valence electrons. The van der Waals surface area contributed by atoms with E-state index >= 15 is 0 Å². The summed E-state index contributed by atoms with van der Waals surface area (Å²) in [6.45, 7) is 2.00. The number of nitrogens with zero attached hydrogens (tertiary/aromatic N) is 3. The summed E-state index contributed by atoms with van der Waals surface area (Å²) >= 11 is 0. The first-order valence-electron chi connectivity index (χ1n) is 10.3. The van der Waals surface area contributed by atoms with E-state index in [-0.39, 0.29) is 18.6 Å². The van der Waals surface area contributed by atoms with E-state index in [2.05, 4.69) is 5.10 Å². The Morgan fingerprint density at radius 3 is 2.45 bits per heavy atom. The third-order valence-electron chi connectivity index (χ3n) is 5.38. The molecule has 0 atom stereocenters. The molecular formula is C24H25N3O4. The van der Waals surface area contributed by atoms with Gasteiger partial charge in [0.2, 0.25) is 0 Å². The zero-order valence-corrected chi connectivity index (χ0v) is 17.7. The number of para-hydroxylation sites is 1. The molecule has 1 amide bonds. The highest BCUT2D eigenvalue weighted by Gasteiger charge is 2.33. The lowest BCUT2D eigenvalue weighted by atomic mass is 10.2. The summed E-state index contributed by atoms with van der Waals surface area (Å²) in [6.07, 6.45) is 3.42. The number of methoxy groups -OCH3 is 1. The molecule has 0 aliphatic heterocycles. The molecule has 0 radical (unpaired) electrons. The average Bonchev–Trinajstić information content (AvgIpc) is 3.57. The normalized spacial score (nSPS) is 13.0. The fourth-order valence-corrected chi connectivity index (χ4v) is 3.46. The predicted octanol–water partition coefficient (Wildman–Crippen LogP) is 3.54. The molecule has 0 unspecified atom stereocenters. The number of hydrogen-bond acceptors (Lipinski definition) is 5. The standard InChI is InChI=1S/C24H25N3O4/c1-17-22(14-25-27(17)20-6-4-3-5-7-20)24(29)31-16-23(28)26(19-10-11-19)15-18-8-12-21(30-2)13-9-18/h3-9,12-14,19H,10-11,15-16H2,1-2H3. The van der Waals surface area contributed by atoms with E-state index in [4.69, 9.17) is 9.47 Å². The van der Waals surface area contributed by atoms with Crippen molar-refractivity contribution in [1.29, 1.82) is 0 Å². The van der Waals surface area contributed by atoms with Crippen LogP contribution in [-0.4, -0.2) is 46.3 Å². The van der Waals surface area contributed by atoms with Gasteiger partial charge in [0.15, 0.2) is 6.61 Å². The summed E-state index contributed by atoms with van der Waals surface area (Å²) in [7, 11) is 1.62. The van der Waals surface area contributed by atoms with Crippen molar-refractivity contribution in [1.82, 2.24) is 14.7 Å². The van der Waals surface area contributed by atoms with Crippen molar-refractivity contribution in [2.24, 2.45) is 0 Å². The third-order valence-corrected chi connectivity index (χ3v) is 5.38. The Morgan fingerprint density at radius 1 is 1.10 bits per heavy atom. The van der Waals surface area contributed by atoms with Gasteiger partial charge in [-0.15, -0.1) is 0 Å². The molecule has 2 aromatic carbocycles. The first kappa shape index (κ1) is 20.7. The molecule has 4 rings (SSSR count). The van der Waals surface area contributed by atoms with Gasteiger partial charge in [-0.2, -0.15) is 5.10 Å². The molecule has 7 nitrogen and oxygen atoms in total. The number of esters is 1. The second-order valence-corrected chi connectivity index (χ2v) is 7.57. The number of amides is 1. The first-order valence-corrected chi connectivity index (χ1v) is 10.3. The molecule has 1 heterocycles. The van der Waals surface area contributed by atoms with Gasteiger partial charge in [-0.05, 0) is 49.6 Å². The first-order chi connectivity index (χ1) is 15.1. The van der Waals surface area contributed by atoms with Gasteiger partial charge in [0, 0.05) is 12.6 Å². The Kier molecular flexibility index (Phi) is 6.02. The van der Waals surface area contributed by atoms with E-state index < -0.39 is 5.97 Å². The van der Waals surface area contributed by atoms with E-state index in [1.165, 1.54) is 6.20 Å². The molecule has 0 saturated heterocycles. The monoisotopic (exact) mass is 419 g/mol. The molecule has 1 aromatic heterocycles. The van der Waals surface area contributed by atoms with Gasteiger partial charge < -0.3 is 14.4 Å². The number of carbonyl (C=O) groups excluding carboxylic acids is 2. The van der Waals surface area contributed by atoms with Crippen molar-refractivity contribution in [3.63, 3.8) is 0 Å². The topological polar surface area (TPSA) is 73.7 Å². The minimum absolute atomic E-state index is 0.195. The van der Waals surface area contributed by atoms with Crippen molar-refractivity contribution in [2.45, 2.75) is 32.4 Å². The predicted molar refractivity (Wildman–Crippen MR) is 115 cm³/mol. The van der Waals surface area contributed by atoms with E-state index in [1.54, 1.807) is 23.6 Å². The Labute approximate surface area is 181 Å². The molecule has 1 aliphatic carbocycles. The van der Waals surface area contributed by atoms with E-state index in [1.807, 2.05) is 54.6 Å². The summed E-state index contributed by atoms with van der Waals surface area (Å²) in [5.74, 6) is 0.0291. The molecule has 1 aliphatic rings. The van der Waals surface area contributed by atoms with E-state index in [0.29, 0.717) is 17.8 Å². The van der Waals surface area contributed by atoms with Gasteiger partial charge in [-0.1, -0.05) is 30.3 Å². The van der Waals surface area contributed by atoms with Crippen molar-refractivity contribution in [2.75, 3.05) is 13.7 Å². The summed E-state index contributed by atoms with van der Waals surface area (Å²) < 4.78 is 12.2. The summed E-state index contributed by atoms with van der Waals surface area (Å²) in [6, 6.07) is 17.4. The van der Waals surface area contributed by atoms with E-state index in [9.17, 15) is 9.59 Å². The Bertz CT molecular complexity index is 1060. The van der Waals surface area contributed by atoms with Crippen molar-refractivity contribution >= 4 is 11.9 Å². The van der Waals surface area contributed by atoms with Gasteiger partial charge in [-0.25, -0.2) is 9.48 Å². The van der Waals surface area contributed by atoms with Crippen LogP contribution in [-0.2, 0) is 16.1 Å². The minimum Gasteiger partial charge on any atom is -0.497 e. The number of ether oxygens (including phenoxy) is 2. The van der Waals surface area contributed by atoms with Crippen LogP contribution >= 0.6 is 0 Å². The summed E-state index contributed by atoms with van der Waals surface area (Å²) in [5.41, 5.74) is 2.88. The fraction of sp³-hybridized carbons (Fsp3) is 0.292. The van der Waals surface area contributed by atoms with E-state index in [0.717, 1.165) is 29.8 Å². The van der Waals surface area contributed by atoms with Gasteiger partial charge in [-0.3, -0.25) is 4.79 Å². The lowest BCUT2D eigenvalue weighted by Crippen LogP contribution is -2.36. The zero-order chi connectivity index (χ0) is 21.8. The van der Waals surface area contributed by atoms with Gasteiger partial charge in [0.25, 0.3) is 5.91 Å². The highest BCUT2D eigenvalue weighted by Crippen LogP contribution is 2.29. The van der Waals surface area contributed by atoms with Crippen LogP contribution in [0.1, 0.15) is 34.5 Å². The average molecular weight is 419 g/mol. The molecular weight excluding hydrogens is 394 g/mol. The number of aromatic nitrogens is 2. The minimum atomic E-state index is -0.548. The quantitative estimate of drug-likeness (QED) is 0.522. The number of rotatable bonds is 8. The Morgan fingerprint density at radius 2 is 1.81 bits per heavy atom. The summed E-state index contributed by atoms with van der Waals surface area (Å²) in [4.78, 5) is 27.2. The molecule has 3 aromatic rings. The smallest absolute Gasteiger partial charge is 0.342 e. The van der Waals surface area contributed by atoms with Crippen LogP contribution in [0.15, 0.2) is 60.8 Å². The van der Waals surface area contributed by atoms with Crippen LogP contribution in [0, 0.1) is 6.92 Å². The van der Waals surface area contributed by atoms with Crippen LogP contribution in [0.2, 0.25) is 0 Å². The maximum absolute atomic E-state index is 12.8. The number of benzene rings is 2. The van der Waals surface area contributed by atoms with Crippen molar-refractivity contribution in [3.05, 3.63) is 77.6 Å². The van der Waals surface area contributed by atoms with Crippen LogP contribution in [0.4, 0.5) is 0 Å². The number of carbonyl (C=O) groups is 2. The largest absolute Gasteiger partial charge is 0.497 e. The third kappa shape index (κ3) is 4.77. The van der Waals surface area contributed by atoms with Gasteiger partial charge in [0.1, 0.15) is 11.3 Å². The maximum Gasteiger partial charge on any atom is 0.342 e. The zero-order valence-electron chi connectivity index (χ0n) is 17.7. The Balaban J connectivity index is 1.39. The second-order valence-electron chi connectivity index (χ2n) is 7.57. The maximum atomic E-state index is 12.8. The van der Waals surface area contributed by atoms with Crippen molar-refractivity contribution in [3.8, 4) is 11.4 Å².